The van der Waals surface area contributed by atoms with Gasteiger partial charge in [-0.15, -0.1) is 0 Å². The summed E-state index contributed by atoms with van der Waals surface area (Å²) < 4.78 is 5.61. The minimum atomic E-state index is -1.04. The summed E-state index contributed by atoms with van der Waals surface area (Å²) in [5.74, 6) is -1.09. The van der Waals surface area contributed by atoms with Gasteiger partial charge in [-0.1, -0.05) is 62.4 Å². The number of alkyl carbamates (subject to hydrolysis) is 1. The van der Waals surface area contributed by atoms with Crippen LogP contribution in [0.2, 0.25) is 0 Å². The molecule has 4 rings (SSSR count). The Bertz CT molecular complexity index is 1030. The van der Waals surface area contributed by atoms with E-state index in [0.717, 1.165) is 22.3 Å². The van der Waals surface area contributed by atoms with Gasteiger partial charge in [-0.05, 0) is 53.9 Å². The number of ether oxygens (including phenoxy) is 1. The average Bonchev–Trinajstić information content (AvgIpc) is 3.46. The summed E-state index contributed by atoms with van der Waals surface area (Å²) in [6, 6.07) is 15.4. The van der Waals surface area contributed by atoms with Gasteiger partial charge in [-0.2, -0.15) is 0 Å². The van der Waals surface area contributed by atoms with Gasteiger partial charge in [0.25, 0.3) is 0 Å². The molecule has 0 radical (unpaired) electrons. The summed E-state index contributed by atoms with van der Waals surface area (Å²) >= 11 is 0. The van der Waals surface area contributed by atoms with E-state index in [1.165, 1.54) is 0 Å². The predicted molar refractivity (Wildman–Crippen MR) is 128 cm³/mol. The van der Waals surface area contributed by atoms with E-state index in [-0.39, 0.29) is 24.9 Å². The number of hydrogen-bond donors (Lipinski definition) is 3. The van der Waals surface area contributed by atoms with Crippen molar-refractivity contribution in [1.82, 2.24) is 10.6 Å². The molecular weight excluding hydrogens is 432 g/mol. The molecule has 2 aliphatic carbocycles. The maximum absolute atomic E-state index is 12.6. The van der Waals surface area contributed by atoms with Crippen molar-refractivity contribution in [2.45, 2.75) is 63.5 Å². The fourth-order valence-electron chi connectivity index (χ4n) is 4.66. The first-order chi connectivity index (χ1) is 16.3. The third kappa shape index (κ3) is 5.41. The highest BCUT2D eigenvalue weighted by Crippen LogP contribution is 2.44. The number of carbonyl (C=O) groups excluding carboxylic acids is 2. The van der Waals surface area contributed by atoms with Gasteiger partial charge in [0, 0.05) is 12.3 Å². The van der Waals surface area contributed by atoms with Crippen LogP contribution in [0.4, 0.5) is 4.79 Å². The second kappa shape index (κ2) is 9.87. The molecule has 0 bridgehead atoms. The van der Waals surface area contributed by atoms with Crippen molar-refractivity contribution in [2.75, 3.05) is 6.61 Å². The lowest BCUT2D eigenvalue weighted by Crippen LogP contribution is -2.46. The summed E-state index contributed by atoms with van der Waals surface area (Å²) in [4.78, 5) is 36.6. The van der Waals surface area contributed by atoms with Crippen LogP contribution in [-0.2, 0) is 14.3 Å². The molecule has 1 saturated carbocycles. The largest absolute Gasteiger partial charge is 0.480 e. The molecule has 0 heterocycles. The number of amides is 2. The monoisotopic (exact) mass is 464 g/mol. The zero-order chi connectivity index (χ0) is 24.3. The number of rotatable bonds is 10. The van der Waals surface area contributed by atoms with Crippen LogP contribution in [0.25, 0.3) is 11.1 Å². The maximum Gasteiger partial charge on any atom is 0.407 e. The Kier molecular flexibility index (Phi) is 6.91. The second-order valence-electron chi connectivity index (χ2n) is 9.84. The van der Waals surface area contributed by atoms with E-state index in [0.29, 0.717) is 31.6 Å². The lowest BCUT2D eigenvalue weighted by molar-refractivity contribution is -0.142. The molecule has 0 spiro atoms. The molecule has 2 amide bonds. The van der Waals surface area contributed by atoms with Crippen molar-refractivity contribution in [3.05, 3.63) is 59.7 Å². The summed E-state index contributed by atoms with van der Waals surface area (Å²) in [6.45, 7) is 4.23. The first-order valence-electron chi connectivity index (χ1n) is 11.9. The van der Waals surface area contributed by atoms with E-state index in [4.69, 9.17) is 4.74 Å². The van der Waals surface area contributed by atoms with Gasteiger partial charge in [0.15, 0.2) is 0 Å². The fraction of sp³-hybridized carbons (Fsp3) is 0.444. The van der Waals surface area contributed by atoms with Crippen molar-refractivity contribution in [3.63, 3.8) is 0 Å². The second-order valence-corrected chi connectivity index (χ2v) is 9.84. The molecular formula is C27H32N2O5. The number of carboxylic acids is 1. The lowest BCUT2D eigenvalue weighted by atomic mass is 9.98. The smallest absolute Gasteiger partial charge is 0.407 e. The maximum atomic E-state index is 12.6. The summed E-state index contributed by atoms with van der Waals surface area (Å²) in [5, 5.41) is 14.9. The van der Waals surface area contributed by atoms with Crippen LogP contribution in [0.15, 0.2) is 48.5 Å². The van der Waals surface area contributed by atoms with Crippen LogP contribution in [0.1, 0.15) is 63.0 Å². The van der Waals surface area contributed by atoms with E-state index in [2.05, 4.69) is 34.9 Å². The first-order valence-corrected chi connectivity index (χ1v) is 11.9. The molecule has 0 aromatic heterocycles. The van der Waals surface area contributed by atoms with E-state index < -0.39 is 23.6 Å². The van der Waals surface area contributed by atoms with Crippen molar-refractivity contribution >= 4 is 18.0 Å². The predicted octanol–water partition coefficient (Wildman–Crippen LogP) is 4.45. The lowest BCUT2D eigenvalue weighted by Gasteiger charge is -2.21. The number of carboxylic acid groups (broad SMARTS) is 1. The van der Waals surface area contributed by atoms with Crippen molar-refractivity contribution in [1.29, 1.82) is 0 Å². The molecule has 2 aliphatic rings. The van der Waals surface area contributed by atoms with Gasteiger partial charge >= 0.3 is 12.1 Å². The van der Waals surface area contributed by atoms with Gasteiger partial charge in [0.05, 0.1) is 5.54 Å². The Morgan fingerprint density at radius 1 is 1.00 bits per heavy atom. The molecule has 1 unspecified atom stereocenters. The van der Waals surface area contributed by atoms with Crippen LogP contribution >= 0.6 is 0 Å². The normalized spacial score (nSPS) is 16.3. The summed E-state index contributed by atoms with van der Waals surface area (Å²) in [6.07, 6.45) is 1.90. The molecule has 0 saturated heterocycles. The Labute approximate surface area is 199 Å². The third-order valence-corrected chi connectivity index (χ3v) is 6.73. The zero-order valence-corrected chi connectivity index (χ0v) is 19.7. The number of benzene rings is 2. The number of fused-ring (bicyclic) bond motifs is 3. The molecule has 7 heteroatoms. The standard InChI is InChI=1S/C27H32N2O5/c1-17(2)11-12-23(25(31)32)28-24(30)15-27(13-14-27)29-26(33)34-16-22-20-9-5-3-7-18(20)19-8-4-6-10-21(19)22/h3-10,17,22-23H,11-16H2,1-2H3,(H,28,30)(H,29,33)(H,31,32). The molecule has 2 aromatic rings. The highest BCUT2D eigenvalue weighted by molar-refractivity contribution is 5.85. The first kappa shape index (κ1) is 23.8. The zero-order valence-electron chi connectivity index (χ0n) is 19.7. The average molecular weight is 465 g/mol. The SMILES string of the molecule is CC(C)CCC(NC(=O)CC1(NC(=O)OCC2c3ccccc3-c3ccccc32)CC1)C(=O)O. The minimum Gasteiger partial charge on any atom is -0.480 e. The fourth-order valence-corrected chi connectivity index (χ4v) is 4.66. The molecule has 34 heavy (non-hydrogen) atoms. The van der Waals surface area contributed by atoms with E-state index >= 15 is 0 Å². The molecule has 0 aliphatic heterocycles. The van der Waals surface area contributed by atoms with Gasteiger partial charge in [0.2, 0.25) is 5.91 Å². The van der Waals surface area contributed by atoms with Crippen LogP contribution in [0.3, 0.4) is 0 Å². The molecule has 1 atom stereocenters. The van der Waals surface area contributed by atoms with Crippen LogP contribution < -0.4 is 10.6 Å². The molecule has 7 nitrogen and oxygen atoms in total. The van der Waals surface area contributed by atoms with E-state index in [1.807, 2.05) is 38.1 Å². The molecule has 180 valence electrons. The van der Waals surface area contributed by atoms with Gasteiger partial charge < -0.3 is 20.5 Å². The Morgan fingerprint density at radius 2 is 1.59 bits per heavy atom. The highest BCUT2D eigenvalue weighted by atomic mass is 16.5. The summed E-state index contributed by atoms with van der Waals surface area (Å²) in [5.41, 5.74) is 3.94. The van der Waals surface area contributed by atoms with E-state index in [9.17, 15) is 19.5 Å². The Hall–Kier alpha value is -3.35. The summed E-state index contributed by atoms with van der Waals surface area (Å²) in [7, 11) is 0. The van der Waals surface area contributed by atoms with Gasteiger partial charge in [0.1, 0.15) is 12.6 Å². The highest BCUT2D eigenvalue weighted by Gasteiger charge is 2.46. The van der Waals surface area contributed by atoms with E-state index in [1.54, 1.807) is 0 Å². The number of nitrogens with one attached hydrogen (secondary N) is 2. The van der Waals surface area contributed by atoms with Crippen molar-refractivity contribution in [2.24, 2.45) is 5.92 Å². The molecule has 1 fully saturated rings. The number of aliphatic carboxylic acids is 1. The quantitative estimate of drug-likeness (QED) is 0.482. The van der Waals surface area contributed by atoms with Gasteiger partial charge in [-0.25, -0.2) is 9.59 Å². The van der Waals surface area contributed by atoms with Crippen LogP contribution in [0.5, 0.6) is 0 Å². The van der Waals surface area contributed by atoms with Crippen LogP contribution in [0, 0.1) is 5.92 Å². The van der Waals surface area contributed by atoms with Gasteiger partial charge in [-0.3, -0.25) is 4.79 Å². The van der Waals surface area contributed by atoms with Crippen molar-refractivity contribution < 1.29 is 24.2 Å². The van der Waals surface area contributed by atoms with Crippen molar-refractivity contribution in [3.8, 4) is 11.1 Å². The number of hydrogen-bond acceptors (Lipinski definition) is 4. The van der Waals surface area contributed by atoms with Crippen LogP contribution in [-0.4, -0.2) is 41.3 Å². The topological polar surface area (TPSA) is 105 Å². The molecule has 3 N–H and O–H groups in total. The minimum absolute atomic E-state index is 0.0334. The Balaban J connectivity index is 1.31. The molecule has 2 aromatic carbocycles. The Morgan fingerprint density at radius 3 is 2.12 bits per heavy atom. The third-order valence-electron chi connectivity index (χ3n) is 6.73. The number of carbonyl (C=O) groups is 3.